The molecule has 2 aromatic rings. The van der Waals surface area contributed by atoms with Crippen molar-refractivity contribution in [3.63, 3.8) is 0 Å². The lowest BCUT2D eigenvalue weighted by Gasteiger charge is -2.14. The molecular formula is C62H104O4. The highest BCUT2D eigenvalue weighted by atomic mass is 16.5. The van der Waals surface area contributed by atoms with E-state index in [1.54, 1.807) is 0 Å². The van der Waals surface area contributed by atoms with Crippen LogP contribution in [0.5, 0.6) is 0 Å². The van der Waals surface area contributed by atoms with E-state index >= 15 is 0 Å². The molecule has 0 aliphatic heterocycles. The molecule has 4 nitrogen and oxygen atoms in total. The van der Waals surface area contributed by atoms with Gasteiger partial charge in [-0.25, -0.2) is 0 Å². The van der Waals surface area contributed by atoms with Gasteiger partial charge >= 0.3 is 0 Å². The van der Waals surface area contributed by atoms with E-state index in [0.717, 1.165) is 75.1 Å². The number of hydrogen-bond donors (Lipinski definition) is 0. The van der Waals surface area contributed by atoms with Crippen LogP contribution in [0, 0.1) is 0 Å². The van der Waals surface area contributed by atoms with Crippen molar-refractivity contribution in [2.24, 2.45) is 0 Å². The third-order valence-corrected chi connectivity index (χ3v) is 14.5. The first-order valence-electron chi connectivity index (χ1n) is 29.4. The molecule has 0 heterocycles. The van der Waals surface area contributed by atoms with Crippen molar-refractivity contribution in [1.82, 2.24) is 0 Å². The van der Waals surface area contributed by atoms with Crippen LogP contribution in [0.1, 0.15) is 307 Å². The summed E-state index contributed by atoms with van der Waals surface area (Å²) in [4.78, 5) is 0. The average molecular weight is 914 g/mol. The smallest absolute Gasteiger partial charge is 0.169 e. The summed E-state index contributed by atoms with van der Waals surface area (Å²) in [6, 6.07) is 9.19. The Kier molecular flexibility index (Phi) is 31.6. The highest BCUT2D eigenvalue weighted by molar-refractivity contribution is 6.19. The number of rotatable bonds is 48. The van der Waals surface area contributed by atoms with Gasteiger partial charge in [-0.1, -0.05) is 259 Å². The number of benzene rings is 2. The summed E-state index contributed by atoms with van der Waals surface area (Å²) >= 11 is 0. The largest absolute Gasteiger partial charge is 0.489 e. The van der Waals surface area contributed by atoms with Crippen LogP contribution in [-0.2, 0) is 18.9 Å². The average Bonchev–Trinajstić information content (AvgIpc) is 3.80. The zero-order chi connectivity index (χ0) is 46.5. The van der Waals surface area contributed by atoms with Gasteiger partial charge in [-0.3, -0.25) is 0 Å². The third kappa shape index (κ3) is 20.9. The van der Waals surface area contributed by atoms with Crippen LogP contribution < -0.4 is 0 Å². The minimum absolute atomic E-state index is 0.736. The van der Waals surface area contributed by atoms with E-state index in [4.69, 9.17) is 18.9 Å². The predicted octanol–water partition coefficient (Wildman–Crippen LogP) is 20.9. The van der Waals surface area contributed by atoms with Gasteiger partial charge in [-0.05, 0) is 49.9 Å². The highest BCUT2D eigenvalue weighted by Gasteiger charge is 2.35. The summed E-state index contributed by atoms with van der Waals surface area (Å²) in [7, 11) is 0. The molecule has 0 saturated heterocycles. The molecule has 0 aromatic heterocycles. The van der Waals surface area contributed by atoms with Gasteiger partial charge in [0.1, 0.15) is 0 Å². The third-order valence-electron chi connectivity index (χ3n) is 14.5. The van der Waals surface area contributed by atoms with Crippen molar-refractivity contribution in [2.75, 3.05) is 26.4 Å². The van der Waals surface area contributed by atoms with Crippen LogP contribution in [0.4, 0.5) is 0 Å². The summed E-state index contributed by atoms with van der Waals surface area (Å²) in [5, 5.41) is 2.53. The van der Waals surface area contributed by atoms with Crippen LogP contribution in [-0.4, -0.2) is 26.4 Å². The number of unbranched alkanes of at least 4 members (excludes halogenated alkanes) is 36. The Labute approximate surface area is 408 Å². The van der Waals surface area contributed by atoms with E-state index < -0.39 is 0 Å². The fourth-order valence-corrected chi connectivity index (χ4v) is 10.4. The van der Waals surface area contributed by atoms with E-state index in [1.807, 2.05) is 0 Å². The lowest BCUT2D eigenvalue weighted by molar-refractivity contribution is 0.235. The Hall–Kier alpha value is -2.62. The van der Waals surface area contributed by atoms with Crippen molar-refractivity contribution in [2.45, 2.75) is 285 Å². The van der Waals surface area contributed by atoms with E-state index in [9.17, 15) is 0 Å². The molecule has 2 aliphatic carbocycles. The molecule has 4 heteroatoms. The molecule has 0 bridgehead atoms. The molecule has 0 saturated carbocycles. The minimum Gasteiger partial charge on any atom is -0.489 e. The SMILES string of the molecule is CCCCCCCCCCCCOC1=C(OCCCCCCCCCCCC)c2ccc3c4c(ccc1c24)C(OCCCCCCCCCCCC)=C3OCCCCCCCCCCCC. The molecule has 376 valence electrons. The Bertz CT molecular complexity index is 1360. The van der Waals surface area contributed by atoms with E-state index in [0.29, 0.717) is 0 Å². The molecule has 0 atom stereocenters. The number of hydrogen-bond acceptors (Lipinski definition) is 4. The van der Waals surface area contributed by atoms with Gasteiger partial charge in [0.15, 0.2) is 23.0 Å². The monoisotopic (exact) mass is 913 g/mol. The molecular weight excluding hydrogens is 809 g/mol. The van der Waals surface area contributed by atoms with Crippen molar-refractivity contribution in [3.05, 3.63) is 46.5 Å². The zero-order valence-corrected chi connectivity index (χ0v) is 44.1. The molecule has 66 heavy (non-hydrogen) atoms. The van der Waals surface area contributed by atoms with Crippen molar-refractivity contribution in [3.8, 4) is 0 Å². The first-order valence-corrected chi connectivity index (χ1v) is 29.4. The van der Waals surface area contributed by atoms with Crippen molar-refractivity contribution >= 4 is 33.8 Å². The van der Waals surface area contributed by atoms with Crippen molar-refractivity contribution in [1.29, 1.82) is 0 Å². The maximum Gasteiger partial charge on any atom is 0.169 e. The first kappa shape index (κ1) is 56.0. The molecule has 0 spiro atoms. The fourth-order valence-electron chi connectivity index (χ4n) is 10.4. The summed E-state index contributed by atoms with van der Waals surface area (Å²) in [6.45, 7) is 12.2. The van der Waals surface area contributed by atoms with Gasteiger partial charge in [0.05, 0.1) is 26.4 Å². The Morgan fingerprint density at radius 2 is 0.364 bits per heavy atom. The molecule has 0 N–H and O–H groups in total. The van der Waals surface area contributed by atoms with Gasteiger partial charge < -0.3 is 18.9 Å². The van der Waals surface area contributed by atoms with Crippen molar-refractivity contribution < 1.29 is 18.9 Å². The Morgan fingerprint density at radius 1 is 0.212 bits per heavy atom. The second kappa shape index (κ2) is 37.3. The van der Waals surface area contributed by atoms with Gasteiger partial charge in [0.25, 0.3) is 0 Å². The van der Waals surface area contributed by atoms with Crippen LogP contribution >= 0.6 is 0 Å². The standard InChI is InChI=1S/C62H104O4/c1-5-9-13-17-21-25-29-33-37-41-49-63-59-53-45-46-55-58-56(48-47-54(57(53)58)60(59)64-50-42-38-34-30-26-22-18-14-10-6-2)62(66-52-44-40-36-32-28-24-20-16-12-8-4)61(55)65-51-43-39-35-31-27-23-19-15-11-7-3/h45-48H,5-44,49-52H2,1-4H3. The maximum atomic E-state index is 6.83. The topological polar surface area (TPSA) is 36.9 Å². The van der Waals surface area contributed by atoms with Crippen LogP contribution in [0.25, 0.3) is 33.8 Å². The highest BCUT2D eigenvalue weighted by Crippen LogP contribution is 2.51. The Balaban J connectivity index is 1.41. The van der Waals surface area contributed by atoms with Gasteiger partial charge in [-0.15, -0.1) is 0 Å². The van der Waals surface area contributed by atoms with Crippen LogP contribution in [0.15, 0.2) is 24.3 Å². The lowest BCUT2D eigenvalue weighted by atomic mass is 9.98. The molecule has 0 fully saturated rings. The fraction of sp³-hybridized carbons (Fsp3) is 0.774. The lowest BCUT2D eigenvalue weighted by Crippen LogP contribution is -2.00. The Morgan fingerprint density at radius 3 is 0.530 bits per heavy atom. The van der Waals surface area contributed by atoms with E-state index in [2.05, 4.69) is 52.0 Å². The summed E-state index contributed by atoms with van der Waals surface area (Å²) in [5.41, 5.74) is 4.72. The van der Waals surface area contributed by atoms with E-state index in [-0.39, 0.29) is 0 Å². The van der Waals surface area contributed by atoms with E-state index in [1.165, 1.54) is 264 Å². The van der Waals surface area contributed by atoms with Gasteiger partial charge in [-0.2, -0.15) is 0 Å². The molecule has 4 rings (SSSR count). The minimum atomic E-state index is 0.736. The van der Waals surface area contributed by atoms with Crippen LogP contribution in [0.3, 0.4) is 0 Å². The number of ether oxygens (including phenoxy) is 4. The molecule has 2 aromatic carbocycles. The van der Waals surface area contributed by atoms with Gasteiger partial charge in [0, 0.05) is 33.0 Å². The summed E-state index contributed by atoms with van der Waals surface area (Å²) in [6.07, 6.45) is 53.0. The molecule has 2 aliphatic rings. The van der Waals surface area contributed by atoms with Gasteiger partial charge in [0.2, 0.25) is 0 Å². The maximum absolute atomic E-state index is 6.83. The second-order valence-electron chi connectivity index (χ2n) is 20.5. The zero-order valence-electron chi connectivity index (χ0n) is 44.1. The molecule has 0 unspecified atom stereocenters. The normalized spacial score (nSPS) is 13.0. The second-order valence-corrected chi connectivity index (χ2v) is 20.5. The summed E-state index contributed by atoms with van der Waals surface area (Å²) < 4.78 is 27.3. The summed E-state index contributed by atoms with van der Waals surface area (Å²) in [5.74, 6) is 3.79. The first-order chi connectivity index (χ1) is 32.8. The molecule has 0 amide bonds. The van der Waals surface area contributed by atoms with Crippen LogP contribution in [0.2, 0.25) is 0 Å². The molecule has 0 radical (unpaired) electrons. The quantitative estimate of drug-likeness (QED) is 0.0620. The predicted molar refractivity (Wildman–Crippen MR) is 289 cm³/mol.